The number of hydrogen-bond donors (Lipinski definition) is 3. The molecule has 0 aliphatic heterocycles. The highest BCUT2D eigenvalue weighted by Gasteiger charge is 2.28. The van der Waals surface area contributed by atoms with Crippen LogP contribution in [0.2, 0.25) is 0 Å². The Kier molecular flexibility index (Phi) is 3.78. The Labute approximate surface area is 102 Å². The Hall–Kier alpha value is -1.36. The van der Waals surface area contributed by atoms with Gasteiger partial charge in [-0.25, -0.2) is 4.98 Å². The lowest BCUT2D eigenvalue weighted by Gasteiger charge is -2.32. The van der Waals surface area contributed by atoms with Gasteiger partial charge in [-0.1, -0.05) is 19.3 Å². The van der Waals surface area contributed by atoms with Gasteiger partial charge in [-0.05, 0) is 12.8 Å². The van der Waals surface area contributed by atoms with Gasteiger partial charge in [0.05, 0.1) is 18.0 Å². The second-order valence-electron chi connectivity index (χ2n) is 4.68. The van der Waals surface area contributed by atoms with E-state index in [0.717, 1.165) is 31.5 Å². The standard InChI is InChI=1S/C12H20N4O/c1-13-10-7-14-8-11(16-10)15-9-12(17)5-3-2-4-6-12/h7-8,17H,2-6,9H2,1H3,(H2,13,15,16). The van der Waals surface area contributed by atoms with E-state index in [0.29, 0.717) is 12.4 Å². The van der Waals surface area contributed by atoms with Gasteiger partial charge in [0.15, 0.2) is 0 Å². The van der Waals surface area contributed by atoms with Gasteiger partial charge in [0, 0.05) is 13.6 Å². The number of aromatic nitrogens is 2. The van der Waals surface area contributed by atoms with Crippen molar-refractivity contribution in [2.75, 3.05) is 24.2 Å². The fourth-order valence-corrected chi connectivity index (χ4v) is 2.21. The van der Waals surface area contributed by atoms with E-state index in [1.165, 1.54) is 6.42 Å². The van der Waals surface area contributed by atoms with Crippen molar-refractivity contribution in [1.29, 1.82) is 0 Å². The van der Waals surface area contributed by atoms with Gasteiger partial charge in [-0.15, -0.1) is 0 Å². The number of rotatable bonds is 4. The van der Waals surface area contributed by atoms with Crippen molar-refractivity contribution in [3.63, 3.8) is 0 Å². The van der Waals surface area contributed by atoms with Crippen LogP contribution in [0.1, 0.15) is 32.1 Å². The van der Waals surface area contributed by atoms with Crippen LogP contribution in [-0.4, -0.2) is 34.3 Å². The van der Waals surface area contributed by atoms with Crippen molar-refractivity contribution >= 4 is 11.6 Å². The fraction of sp³-hybridized carbons (Fsp3) is 0.667. The first-order chi connectivity index (χ1) is 8.22. The van der Waals surface area contributed by atoms with Gasteiger partial charge in [-0.3, -0.25) is 4.98 Å². The molecule has 0 atom stereocenters. The number of hydrogen-bond acceptors (Lipinski definition) is 5. The Morgan fingerprint density at radius 3 is 2.65 bits per heavy atom. The average Bonchev–Trinajstić information content (AvgIpc) is 2.38. The molecule has 0 spiro atoms. The van der Waals surface area contributed by atoms with Gasteiger partial charge in [0.1, 0.15) is 11.6 Å². The van der Waals surface area contributed by atoms with Gasteiger partial charge in [-0.2, -0.15) is 0 Å². The summed E-state index contributed by atoms with van der Waals surface area (Å²) in [5.74, 6) is 1.43. The Morgan fingerprint density at radius 1 is 1.24 bits per heavy atom. The van der Waals surface area contributed by atoms with Crippen LogP contribution >= 0.6 is 0 Å². The molecule has 0 radical (unpaired) electrons. The fourth-order valence-electron chi connectivity index (χ4n) is 2.21. The summed E-state index contributed by atoms with van der Waals surface area (Å²) in [7, 11) is 1.81. The summed E-state index contributed by atoms with van der Waals surface area (Å²) in [6.45, 7) is 0.550. The van der Waals surface area contributed by atoms with Crippen LogP contribution in [0.25, 0.3) is 0 Å². The van der Waals surface area contributed by atoms with Crippen LogP contribution < -0.4 is 10.6 Å². The number of anilines is 2. The van der Waals surface area contributed by atoms with Crippen molar-refractivity contribution < 1.29 is 5.11 Å². The Morgan fingerprint density at radius 2 is 1.94 bits per heavy atom. The van der Waals surface area contributed by atoms with Crippen LogP contribution in [0, 0.1) is 0 Å². The summed E-state index contributed by atoms with van der Waals surface area (Å²) in [6.07, 6.45) is 8.55. The zero-order valence-corrected chi connectivity index (χ0v) is 10.2. The second kappa shape index (κ2) is 5.31. The molecule has 17 heavy (non-hydrogen) atoms. The smallest absolute Gasteiger partial charge is 0.147 e. The highest BCUT2D eigenvalue weighted by atomic mass is 16.3. The molecule has 5 heteroatoms. The van der Waals surface area contributed by atoms with Gasteiger partial charge >= 0.3 is 0 Å². The predicted octanol–water partition coefficient (Wildman–Crippen LogP) is 1.63. The summed E-state index contributed by atoms with van der Waals surface area (Å²) in [5.41, 5.74) is -0.574. The number of nitrogens with zero attached hydrogens (tertiary/aromatic N) is 2. The quantitative estimate of drug-likeness (QED) is 0.741. The number of nitrogens with one attached hydrogen (secondary N) is 2. The third-order valence-corrected chi connectivity index (χ3v) is 3.27. The van der Waals surface area contributed by atoms with E-state index < -0.39 is 5.60 Å². The third-order valence-electron chi connectivity index (χ3n) is 3.27. The molecule has 1 aliphatic carbocycles. The summed E-state index contributed by atoms with van der Waals surface area (Å²) in [5, 5.41) is 16.4. The number of aliphatic hydroxyl groups is 1. The predicted molar refractivity (Wildman–Crippen MR) is 68.1 cm³/mol. The lowest BCUT2D eigenvalue weighted by molar-refractivity contribution is 0.0166. The summed E-state index contributed by atoms with van der Waals surface area (Å²) >= 11 is 0. The minimum atomic E-state index is -0.574. The highest BCUT2D eigenvalue weighted by Crippen LogP contribution is 2.28. The first kappa shape index (κ1) is 12.1. The van der Waals surface area contributed by atoms with Gasteiger partial charge < -0.3 is 15.7 Å². The van der Waals surface area contributed by atoms with E-state index in [9.17, 15) is 5.11 Å². The van der Waals surface area contributed by atoms with Crippen LogP contribution in [0.5, 0.6) is 0 Å². The highest BCUT2D eigenvalue weighted by molar-refractivity contribution is 5.41. The van der Waals surface area contributed by atoms with E-state index in [4.69, 9.17) is 0 Å². The molecule has 1 aromatic rings. The molecule has 1 heterocycles. The molecule has 0 bridgehead atoms. The minimum absolute atomic E-state index is 0.550. The Bertz CT molecular complexity index is 363. The monoisotopic (exact) mass is 236 g/mol. The van der Waals surface area contributed by atoms with Crippen molar-refractivity contribution in [3.8, 4) is 0 Å². The second-order valence-corrected chi connectivity index (χ2v) is 4.68. The van der Waals surface area contributed by atoms with E-state index in [1.54, 1.807) is 12.4 Å². The maximum atomic E-state index is 10.3. The van der Waals surface area contributed by atoms with Crippen molar-refractivity contribution in [2.24, 2.45) is 0 Å². The molecule has 0 unspecified atom stereocenters. The van der Waals surface area contributed by atoms with Crippen LogP contribution in [-0.2, 0) is 0 Å². The zero-order valence-electron chi connectivity index (χ0n) is 10.2. The molecule has 3 N–H and O–H groups in total. The van der Waals surface area contributed by atoms with E-state index in [1.807, 2.05) is 7.05 Å². The summed E-state index contributed by atoms with van der Waals surface area (Å²) in [4.78, 5) is 8.38. The average molecular weight is 236 g/mol. The zero-order chi connectivity index (χ0) is 12.1. The maximum absolute atomic E-state index is 10.3. The molecule has 5 nitrogen and oxygen atoms in total. The van der Waals surface area contributed by atoms with Crippen molar-refractivity contribution in [2.45, 2.75) is 37.7 Å². The minimum Gasteiger partial charge on any atom is -0.388 e. The lowest BCUT2D eigenvalue weighted by atomic mass is 9.85. The van der Waals surface area contributed by atoms with Crippen LogP contribution in [0.15, 0.2) is 12.4 Å². The molecular weight excluding hydrogens is 216 g/mol. The maximum Gasteiger partial charge on any atom is 0.147 e. The molecule has 94 valence electrons. The molecule has 1 fully saturated rings. The van der Waals surface area contributed by atoms with Gasteiger partial charge in [0.2, 0.25) is 0 Å². The van der Waals surface area contributed by atoms with E-state index in [2.05, 4.69) is 20.6 Å². The third kappa shape index (κ3) is 3.30. The molecule has 0 saturated heterocycles. The van der Waals surface area contributed by atoms with Crippen LogP contribution in [0.4, 0.5) is 11.6 Å². The molecule has 1 aromatic heterocycles. The van der Waals surface area contributed by atoms with Crippen molar-refractivity contribution in [1.82, 2.24) is 9.97 Å². The normalized spacial score (nSPS) is 18.7. The lowest BCUT2D eigenvalue weighted by Crippen LogP contribution is -2.38. The molecule has 2 rings (SSSR count). The molecule has 1 saturated carbocycles. The molecule has 0 amide bonds. The SMILES string of the molecule is CNc1cncc(NCC2(O)CCCCC2)n1. The van der Waals surface area contributed by atoms with Gasteiger partial charge in [0.25, 0.3) is 0 Å². The van der Waals surface area contributed by atoms with Crippen LogP contribution in [0.3, 0.4) is 0 Å². The summed E-state index contributed by atoms with van der Waals surface area (Å²) < 4.78 is 0. The summed E-state index contributed by atoms with van der Waals surface area (Å²) in [6, 6.07) is 0. The van der Waals surface area contributed by atoms with Crippen molar-refractivity contribution in [3.05, 3.63) is 12.4 Å². The van der Waals surface area contributed by atoms with E-state index in [-0.39, 0.29) is 0 Å². The molecular formula is C12H20N4O. The molecule has 0 aromatic carbocycles. The first-order valence-electron chi connectivity index (χ1n) is 6.18. The first-order valence-corrected chi connectivity index (χ1v) is 6.18. The Balaban J connectivity index is 1.92. The van der Waals surface area contributed by atoms with E-state index >= 15 is 0 Å². The topological polar surface area (TPSA) is 70.1 Å². The molecule has 1 aliphatic rings. The largest absolute Gasteiger partial charge is 0.388 e.